The number of thiophene rings is 1. The van der Waals surface area contributed by atoms with Gasteiger partial charge >= 0.3 is 11.8 Å². The number of nitrogens with one attached hydrogen (secondary N) is 2. The van der Waals surface area contributed by atoms with Gasteiger partial charge in [-0.1, -0.05) is 6.07 Å². The van der Waals surface area contributed by atoms with Crippen molar-refractivity contribution in [2.24, 2.45) is 0 Å². The lowest BCUT2D eigenvalue weighted by atomic mass is 10.2. The van der Waals surface area contributed by atoms with Crippen LogP contribution in [-0.2, 0) is 9.59 Å². The standard InChI is InChI=1S/C18H23N3O4S/c1-21(2)13(16-6-5-9-26-16)11-19-17(22)18(23)20-12-7-8-14(24-3)15(10-12)25-4/h5-10,13H,11H2,1-4H3,(H,19,22)(H,20,23). The van der Waals surface area contributed by atoms with Crippen LogP contribution in [0.1, 0.15) is 10.9 Å². The van der Waals surface area contributed by atoms with Gasteiger partial charge in [-0.15, -0.1) is 11.3 Å². The molecule has 0 fully saturated rings. The second-order valence-electron chi connectivity index (χ2n) is 5.73. The first-order valence-electron chi connectivity index (χ1n) is 7.97. The van der Waals surface area contributed by atoms with Crippen molar-refractivity contribution in [3.63, 3.8) is 0 Å². The van der Waals surface area contributed by atoms with E-state index < -0.39 is 11.8 Å². The van der Waals surface area contributed by atoms with Crippen molar-refractivity contribution in [2.45, 2.75) is 6.04 Å². The largest absolute Gasteiger partial charge is 0.493 e. The predicted molar refractivity (Wildman–Crippen MR) is 102 cm³/mol. The molecule has 1 heterocycles. The molecule has 2 aromatic rings. The second-order valence-corrected chi connectivity index (χ2v) is 6.71. The Labute approximate surface area is 156 Å². The highest BCUT2D eigenvalue weighted by atomic mass is 32.1. The van der Waals surface area contributed by atoms with Crippen LogP contribution in [0.15, 0.2) is 35.7 Å². The summed E-state index contributed by atoms with van der Waals surface area (Å²) in [6.45, 7) is 0.339. The molecule has 0 aliphatic carbocycles. The maximum Gasteiger partial charge on any atom is 0.313 e. The molecular formula is C18H23N3O4S. The predicted octanol–water partition coefficient (Wildman–Crippen LogP) is 2.12. The molecule has 1 unspecified atom stereocenters. The van der Waals surface area contributed by atoms with E-state index in [2.05, 4.69) is 10.6 Å². The molecule has 1 atom stereocenters. The average Bonchev–Trinajstić information content (AvgIpc) is 3.15. The fourth-order valence-electron chi connectivity index (χ4n) is 2.39. The molecule has 26 heavy (non-hydrogen) atoms. The maximum atomic E-state index is 12.1. The van der Waals surface area contributed by atoms with E-state index in [9.17, 15) is 9.59 Å². The molecule has 0 saturated carbocycles. The van der Waals surface area contributed by atoms with Gasteiger partial charge < -0.3 is 25.0 Å². The van der Waals surface area contributed by atoms with Gasteiger partial charge in [-0.2, -0.15) is 0 Å². The quantitative estimate of drug-likeness (QED) is 0.723. The third-order valence-corrected chi connectivity index (χ3v) is 4.77. The first-order valence-corrected chi connectivity index (χ1v) is 8.85. The Morgan fingerprint density at radius 3 is 2.42 bits per heavy atom. The number of methoxy groups -OCH3 is 2. The SMILES string of the molecule is COc1ccc(NC(=O)C(=O)NCC(c2cccs2)N(C)C)cc1OC. The maximum absolute atomic E-state index is 12.1. The fraction of sp³-hybridized carbons (Fsp3) is 0.333. The molecule has 1 aromatic carbocycles. The average molecular weight is 377 g/mol. The van der Waals surface area contributed by atoms with Gasteiger partial charge in [0.25, 0.3) is 0 Å². The summed E-state index contributed by atoms with van der Waals surface area (Å²) in [5.41, 5.74) is 0.449. The van der Waals surface area contributed by atoms with Crippen molar-refractivity contribution in [3.8, 4) is 11.5 Å². The van der Waals surface area contributed by atoms with Crippen LogP contribution < -0.4 is 20.1 Å². The van der Waals surface area contributed by atoms with Crippen LogP contribution in [0, 0.1) is 0 Å². The molecule has 0 radical (unpaired) electrons. The fourth-order valence-corrected chi connectivity index (χ4v) is 3.31. The van der Waals surface area contributed by atoms with Crippen molar-refractivity contribution in [3.05, 3.63) is 40.6 Å². The minimum Gasteiger partial charge on any atom is -0.493 e. The topological polar surface area (TPSA) is 79.9 Å². The third kappa shape index (κ3) is 4.96. The molecule has 2 amide bonds. The molecular weight excluding hydrogens is 354 g/mol. The first kappa shape index (κ1) is 19.7. The summed E-state index contributed by atoms with van der Waals surface area (Å²) < 4.78 is 10.3. The van der Waals surface area contributed by atoms with Crippen molar-refractivity contribution in [1.29, 1.82) is 0 Å². The number of benzene rings is 1. The van der Waals surface area contributed by atoms with Gasteiger partial charge in [0.1, 0.15) is 0 Å². The normalized spacial score (nSPS) is 11.7. The molecule has 0 aliphatic heterocycles. The molecule has 0 spiro atoms. The summed E-state index contributed by atoms with van der Waals surface area (Å²) >= 11 is 1.61. The highest BCUT2D eigenvalue weighted by Gasteiger charge is 2.20. The summed E-state index contributed by atoms with van der Waals surface area (Å²) in [6, 6.07) is 8.87. The molecule has 7 nitrogen and oxygen atoms in total. The van der Waals surface area contributed by atoms with Gasteiger partial charge in [0.2, 0.25) is 0 Å². The minimum atomic E-state index is -0.735. The number of amides is 2. The van der Waals surface area contributed by atoms with Crippen molar-refractivity contribution in [2.75, 3.05) is 40.2 Å². The van der Waals surface area contributed by atoms with Crippen LogP contribution >= 0.6 is 11.3 Å². The number of anilines is 1. The zero-order valence-corrected chi connectivity index (χ0v) is 16.1. The number of nitrogens with zero attached hydrogens (tertiary/aromatic N) is 1. The van der Waals surface area contributed by atoms with E-state index in [4.69, 9.17) is 9.47 Å². The van der Waals surface area contributed by atoms with Crippen molar-refractivity contribution in [1.82, 2.24) is 10.2 Å². The Balaban J connectivity index is 1.96. The Bertz CT molecular complexity index is 747. The highest BCUT2D eigenvalue weighted by molar-refractivity contribution is 7.10. The number of carbonyl (C=O) groups is 2. The number of carbonyl (C=O) groups excluding carboxylic acids is 2. The molecule has 140 valence electrons. The Hall–Kier alpha value is -2.58. The van der Waals surface area contributed by atoms with Gasteiger partial charge in [0.15, 0.2) is 11.5 Å². The Morgan fingerprint density at radius 1 is 1.12 bits per heavy atom. The third-order valence-electron chi connectivity index (χ3n) is 3.80. The first-order chi connectivity index (χ1) is 12.5. The van der Waals surface area contributed by atoms with Crippen molar-refractivity contribution < 1.29 is 19.1 Å². The van der Waals surface area contributed by atoms with Gasteiger partial charge in [-0.25, -0.2) is 0 Å². The van der Waals surface area contributed by atoms with Crippen LogP contribution in [0.3, 0.4) is 0 Å². The smallest absolute Gasteiger partial charge is 0.313 e. The van der Waals surface area contributed by atoms with E-state index in [1.807, 2.05) is 36.5 Å². The lowest BCUT2D eigenvalue weighted by Crippen LogP contribution is -2.40. The summed E-state index contributed by atoms with van der Waals surface area (Å²) in [4.78, 5) is 27.4. The van der Waals surface area contributed by atoms with Crippen LogP contribution in [0.2, 0.25) is 0 Å². The van der Waals surface area contributed by atoms with Gasteiger partial charge in [-0.3, -0.25) is 9.59 Å². The van der Waals surface area contributed by atoms with Gasteiger partial charge in [0, 0.05) is 23.2 Å². The monoisotopic (exact) mass is 377 g/mol. The molecule has 2 N–H and O–H groups in total. The van der Waals surface area contributed by atoms with Crippen LogP contribution in [-0.4, -0.2) is 51.6 Å². The Morgan fingerprint density at radius 2 is 1.85 bits per heavy atom. The number of likely N-dealkylation sites (N-methyl/N-ethyl adjacent to an activating group) is 1. The molecule has 0 saturated heterocycles. The number of rotatable bonds is 7. The number of ether oxygens (including phenoxy) is 2. The molecule has 2 rings (SSSR count). The zero-order chi connectivity index (χ0) is 19.1. The minimum absolute atomic E-state index is 0.00725. The summed E-state index contributed by atoms with van der Waals surface area (Å²) in [5.74, 6) is -0.417. The highest BCUT2D eigenvalue weighted by Crippen LogP contribution is 2.29. The second kappa shape index (κ2) is 9.21. The molecule has 0 bridgehead atoms. The zero-order valence-electron chi connectivity index (χ0n) is 15.2. The van der Waals surface area contributed by atoms with E-state index in [0.29, 0.717) is 23.7 Å². The number of hydrogen-bond donors (Lipinski definition) is 2. The summed E-state index contributed by atoms with van der Waals surface area (Å²) in [6.07, 6.45) is 0. The summed E-state index contributed by atoms with van der Waals surface area (Å²) in [7, 11) is 6.89. The van der Waals surface area contributed by atoms with Crippen molar-refractivity contribution >= 4 is 28.8 Å². The summed E-state index contributed by atoms with van der Waals surface area (Å²) in [5, 5.41) is 7.22. The molecule has 1 aromatic heterocycles. The molecule has 8 heteroatoms. The van der Waals surface area contributed by atoms with Gasteiger partial charge in [-0.05, 0) is 37.7 Å². The van der Waals surface area contributed by atoms with E-state index >= 15 is 0 Å². The van der Waals surface area contributed by atoms with E-state index in [1.165, 1.54) is 14.2 Å². The molecule has 0 aliphatic rings. The number of hydrogen-bond acceptors (Lipinski definition) is 6. The lowest BCUT2D eigenvalue weighted by Gasteiger charge is -2.23. The van der Waals surface area contributed by atoms with Crippen LogP contribution in [0.25, 0.3) is 0 Å². The van der Waals surface area contributed by atoms with E-state index in [0.717, 1.165) is 4.88 Å². The van der Waals surface area contributed by atoms with E-state index in [-0.39, 0.29) is 6.04 Å². The van der Waals surface area contributed by atoms with Gasteiger partial charge in [0.05, 0.1) is 20.3 Å². The van der Waals surface area contributed by atoms with Crippen LogP contribution in [0.5, 0.6) is 11.5 Å². The van der Waals surface area contributed by atoms with Crippen LogP contribution in [0.4, 0.5) is 5.69 Å². The van der Waals surface area contributed by atoms with E-state index in [1.54, 1.807) is 29.5 Å². The Kier molecular flexibility index (Phi) is 6.99. The lowest BCUT2D eigenvalue weighted by molar-refractivity contribution is -0.136.